The Bertz CT molecular complexity index is 283. The number of aromatic amines is 1. The molecule has 0 aliphatic heterocycles. The molecule has 5 heteroatoms. The van der Waals surface area contributed by atoms with Crippen LogP contribution in [0.4, 0.5) is 0 Å². The van der Waals surface area contributed by atoms with Crippen LogP contribution in [-0.2, 0) is 11.3 Å². The van der Waals surface area contributed by atoms with Gasteiger partial charge in [0.1, 0.15) is 18.1 Å². The molecule has 5 nitrogen and oxygen atoms in total. The topological polar surface area (TPSA) is 75.2 Å². The summed E-state index contributed by atoms with van der Waals surface area (Å²) in [5.74, 6) is -0.458. The number of rotatable bonds is 5. The summed E-state index contributed by atoms with van der Waals surface area (Å²) in [5, 5.41) is 8.56. The van der Waals surface area contributed by atoms with Crippen LogP contribution < -0.4 is 0 Å². The van der Waals surface area contributed by atoms with Gasteiger partial charge in [0.25, 0.3) is 0 Å². The molecule has 0 spiro atoms. The molecule has 72 valence electrons. The summed E-state index contributed by atoms with van der Waals surface area (Å²) < 4.78 is 5.18. The third kappa shape index (κ3) is 2.87. The molecule has 0 radical (unpaired) electrons. The van der Waals surface area contributed by atoms with Crippen LogP contribution in [-0.4, -0.2) is 27.7 Å². The van der Waals surface area contributed by atoms with Crippen molar-refractivity contribution in [3.05, 3.63) is 17.7 Å². The Morgan fingerprint density at radius 2 is 2.54 bits per heavy atom. The molecule has 0 atom stereocenters. The number of carbonyl (C=O) groups is 1. The summed E-state index contributed by atoms with van der Waals surface area (Å²) in [4.78, 5) is 16.9. The fourth-order valence-corrected chi connectivity index (χ4v) is 0.858. The SMILES string of the molecule is CCCOCc1ncc(C(=O)O)[nH]1. The van der Waals surface area contributed by atoms with Crippen LogP contribution in [0.1, 0.15) is 29.7 Å². The molecular formula is C8H12N2O3. The van der Waals surface area contributed by atoms with Gasteiger partial charge in [0, 0.05) is 6.61 Å². The Kier molecular flexibility index (Phi) is 3.45. The first-order valence-electron chi connectivity index (χ1n) is 4.09. The van der Waals surface area contributed by atoms with Gasteiger partial charge >= 0.3 is 5.97 Å². The van der Waals surface area contributed by atoms with Crippen LogP contribution in [0, 0.1) is 0 Å². The number of carboxylic acids is 1. The lowest BCUT2D eigenvalue weighted by molar-refractivity contribution is 0.0690. The third-order valence-corrected chi connectivity index (χ3v) is 1.45. The van der Waals surface area contributed by atoms with E-state index in [-0.39, 0.29) is 5.69 Å². The van der Waals surface area contributed by atoms with Crippen molar-refractivity contribution in [2.24, 2.45) is 0 Å². The number of hydrogen-bond donors (Lipinski definition) is 2. The van der Waals surface area contributed by atoms with E-state index in [9.17, 15) is 4.79 Å². The predicted octanol–water partition coefficient (Wildman–Crippen LogP) is 1.03. The van der Waals surface area contributed by atoms with Crippen molar-refractivity contribution in [3.8, 4) is 0 Å². The van der Waals surface area contributed by atoms with Crippen LogP contribution in [0.5, 0.6) is 0 Å². The minimum absolute atomic E-state index is 0.0927. The average Bonchev–Trinajstić information content (AvgIpc) is 2.53. The maximum atomic E-state index is 10.4. The Labute approximate surface area is 75.8 Å². The van der Waals surface area contributed by atoms with Gasteiger partial charge < -0.3 is 14.8 Å². The monoisotopic (exact) mass is 184 g/mol. The van der Waals surface area contributed by atoms with E-state index in [0.29, 0.717) is 19.0 Å². The molecule has 1 aromatic rings. The zero-order valence-corrected chi connectivity index (χ0v) is 7.41. The van der Waals surface area contributed by atoms with E-state index in [4.69, 9.17) is 9.84 Å². The maximum Gasteiger partial charge on any atom is 0.353 e. The Hall–Kier alpha value is -1.36. The Morgan fingerprint density at radius 1 is 1.77 bits per heavy atom. The van der Waals surface area contributed by atoms with Crippen molar-refractivity contribution < 1.29 is 14.6 Å². The highest BCUT2D eigenvalue weighted by Gasteiger charge is 2.06. The minimum Gasteiger partial charge on any atom is -0.477 e. The number of nitrogens with one attached hydrogen (secondary N) is 1. The minimum atomic E-state index is -1.01. The summed E-state index contributed by atoms with van der Waals surface area (Å²) in [5.41, 5.74) is 0.0927. The molecule has 0 unspecified atom stereocenters. The Morgan fingerprint density at radius 3 is 3.08 bits per heavy atom. The standard InChI is InChI=1S/C8H12N2O3/c1-2-3-13-5-7-9-4-6(10-7)8(11)12/h4H,2-3,5H2,1H3,(H,9,10)(H,11,12). The molecule has 0 amide bonds. The van der Waals surface area contributed by atoms with Gasteiger partial charge in [0.05, 0.1) is 6.20 Å². The number of ether oxygens (including phenoxy) is 1. The first kappa shape index (κ1) is 9.73. The number of imidazole rings is 1. The second-order valence-corrected chi connectivity index (χ2v) is 2.60. The zero-order valence-electron chi connectivity index (χ0n) is 7.41. The van der Waals surface area contributed by atoms with Crippen LogP contribution >= 0.6 is 0 Å². The molecule has 2 N–H and O–H groups in total. The van der Waals surface area contributed by atoms with Crippen LogP contribution in [0.3, 0.4) is 0 Å². The lowest BCUT2D eigenvalue weighted by Gasteiger charge is -1.97. The lowest BCUT2D eigenvalue weighted by Crippen LogP contribution is -1.98. The highest BCUT2D eigenvalue weighted by atomic mass is 16.5. The first-order chi connectivity index (χ1) is 6.24. The van der Waals surface area contributed by atoms with E-state index >= 15 is 0 Å². The predicted molar refractivity (Wildman–Crippen MR) is 45.5 cm³/mol. The molecule has 0 aromatic carbocycles. The van der Waals surface area contributed by atoms with Gasteiger partial charge in [-0.1, -0.05) is 6.92 Å². The third-order valence-electron chi connectivity index (χ3n) is 1.45. The van der Waals surface area contributed by atoms with Crippen molar-refractivity contribution in [1.82, 2.24) is 9.97 Å². The van der Waals surface area contributed by atoms with E-state index < -0.39 is 5.97 Å². The molecule has 1 aromatic heterocycles. The summed E-state index contributed by atoms with van der Waals surface area (Å²) in [6.07, 6.45) is 2.22. The van der Waals surface area contributed by atoms with Gasteiger partial charge in [-0.25, -0.2) is 9.78 Å². The molecule has 1 rings (SSSR count). The normalized spacial score (nSPS) is 10.2. The molecule has 0 aliphatic carbocycles. The highest BCUT2D eigenvalue weighted by Crippen LogP contribution is 1.98. The number of H-pyrrole nitrogens is 1. The van der Waals surface area contributed by atoms with Gasteiger partial charge in [-0.15, -0.1) is 0 Å². The van der Waals surface area contributed by atoms with Gasteiger partial charge in [-0.05, 0) is 6.42 Å². The van der Waals surface area contributed by atoms with Crippen molar-refractivity contribution in [2.75, 3.05) is 6.61 Å². The van der Waals surface area contributed by atoms with Gasteiger partial charge in [-0.3, -0.25) is 0 Å². The van der Waals surface area contributed by atoms with Crippen LogP contribution in [0.15, 0.2) is 6.20 Å². The second-order valence-electron chi connectivity index (χ2n) is 2.60. The summed E-state index contributed by atoms with van der Waals surface area (Å²) in [6.45, 7) is 3.00. The smallest absolute Gasteiger partial charge is 0.353 e. The number of hydrogen-bond acceptors (Lipinski definition) is 3. The molecule has 13 heavy (non-hydrogen) atoms. The summed E-state index contributed by atoms with van der Waals surface area (Å²) in [7, 11) is 0. The molecular weight excluding hydrogens is 172 g/mol. The molecule has 0 saturated heterocycles. The molecule has 0 bridgehead atoms. The van der Waals surface area contributed by atoms with E-state index in [1.54, 1.807) is 0 Å². The Balaban J connectivity index is 2.44. The lowest BCUT2D eigenvalue weighted by atomic mass is 10.5. The van der Waals surface area contributed by atoms with Gasteiger partial charge in [-0.2, -0.15) is 0 Å². The number of aromatic carboxylic acids is 1. The van der Waals surface area contributed by atoms with E-state index in [1.165, 1.54) is 6.20 Å². The van der Waals surface area contributed by atoms with Gasteiger partial charge in [0.15, 0.2) is 0 Å². The van der Waals surface area contributed by atoms with Crippen molar-refractivity contribution in [1.29, 1.82) is 0 Å². The fraction of sp³-hybridized carbons (Fsp3) is 0.500. The van der Waals surface area contributed by atoms with Crippen molar-refractivity contribution >= 4 is 5.97 Å². The van der Waals surface area contributed by atoms with E-state index in [0.717, 1.165) is 6.42 Å². The highest BCUT2D eigenvalue weighted by molar-refractivity contribution is 5.84. The number of aromatic nitrogens is 2. The van der Waals surface area contributed by atoms with Crippen LogP contribution in [0.2, 0.25) is 0 Å². The molecule has 0 fully saturated rings. The fourth-order valence-electron chi connectivity index (χ4n) is 0.858. The maximum absolute atomic E-state index is 10.4. The average molecular weight is 184 g/mol. The van der Waals surface area contributed by atoms with E-state index in [2.05, 4.69) is 9.97 Å². The quantitative estimate of drug-likeness (QED) is 0.670. The number of nitrogens with zero attached hydrogens (tertiary/aromatic N) is 1. The van der Waals surface area contributed by atoms with Crippen molar-refractivity contribution in [3.63, 3.8) is 0 Å². The molecule has 1 heterocycles. The number of carboxylic acid groups (broad SMARTS) is 1. The second kappa shape index (κ2) is 4.61. The van der Waals surface area contributed by atoms with Crippen molar-refractivity contribution in [2.45, 2.75) is 20.0 Å². The largest absolute Gasteiger partial charge is 0.477 e. The molecule has 0 saturated carbocycles. The van der Waals surface area contributed by atoms with Crippen LogP contribution in [0.25, 0.3) is 0 Å². The first-order valence-corrected chi connectivity index (χ1v) is 4.09. The summed E-state index contributed by atoms with van der Waals surface area (Å²) >= 11 is 0. The molecule has 0 aliphatic rings. The summed E-state index contributed by atoms with van der Waals surface area (Å²) in [6, 6.07) is 0. The zero-order chi connectivity index (χ0) is 9.68. The van der Waals surface area contributed by atoms with Gasteiger partial charge in [0.2, 0.25) is 0 Å². The van der Waals surface area contributed by atoms with E-state index in [1.807, 2.05) is 6.92 Å².